The van der Waals surface area contributed by atoms with E-state index in [0.717, 1.165) is 6.07 Å². The summed E-state index contributed by atoms with van der Waals surface area (Å²) in [4.78, 5) is 23.3. The third-order valence-electron chi connectivity index (χ3n) is 2.43. The minimum Gasteiger partial charge on any atom is -0.345 e. The predicted molar refractivity (Wildman–Crippen MR) is 70.9 cm³/mol. The predicted octanol–water partition coefficient (Wildman–Crippen LogP) is 2.93. The molecule has 0 aliphatic heterocycles. The highest BCUT2D eigenvalue weighted by molar-refractivity contribution is 9.10. The molecule has 3 nitrogen and oxygen atoms in total. The van der Waals surface area contributed by atoms with Gasteiger partial charge in [0, 0.05) is 11.0 Å². The first-order valence-corrected chi connectivity index (χ1v) is 6.27. The van der Waals surface area contributed by atoms with Crippen molar-refractivity contribution in [3.63, 3.8) is 0 Å². The van der Waals surface area contributed by atoms with E-state index in [1.165, 1.54) is 12.1 Å². The molecule has 98 valence electrons. The van der Waals surface area contributed by atoms with E-state index in [0.29, 0.717) is 4.47 Å². The summed E-state index contributed by atoms with van der Waals surface area (Å²) in [6.45, 7) is 5.28. The summed E-state index contributed by atoms with van der Waals surface area (Å²) in [5.74, 6) is -1.04. The molecule has 0 spiro atoms. The van der Waals surface area contributed by atoms with Crippen LogP contribution >= 0.6 is 15.9 Å². The summed E-state index contributed by atoms with van der Waals surface area (Å²) in [6, 6.07) is 4.07. The molecule has 0 unspecified atom stereocenters. The number of nitrogens with one attached hydrogen (secondary N) is 1. The smallest absolute Gasteiger partial charge is 0.251 e. The van der Waals surface area contributed by atoms with Gasteiger partial charge in [-0.25, -0.2) is 4.39 Å². The normalized spacial score (nSPS) is 11.2. The van der Waals surface area contributed by atoms with Crippen LogP contribution in [0.5, 0.6) is 0 Å². The van der Waals surface area contributed by atoms with Gasteiger partial charge in [0.2, 0.25) is 0 Å². The first-order valence-electron chi connectivity index (χ1n) is 5.48. The highest BCUT2D eigenvalue weighted by Crippen LogP contribution is 2.17. The van der Waals surface area contributed by atoms with Gasteiger partial charge in [-0.2, -0.15) is 0 Å². The van der Waals surface area contributed by atoms with Gasteiger partial charge in [-0.1, -0.05) is 20.8 Å². The molecule has 0 heterocycles. The molecule has 1 N–H and O–H groups in total. The van der Waals surface area contributed by atoms with Crippen LogP contribution in [0.2, 0.25) is 0 Å². The van der Waals surface area contributed by atoms with Crippen LogP contribution in [-0.2, 0) is 4.79 Å². The number of carbonyl (C=O) groups is 2. The molecule has 1 amide bonds. The monoisotopic (exact) mass is 315 g/mol. The van der Waals surface area contributed by atoms with E-state index in [-0.39, 0.29) is 17.9 Å². The van der Waals surface area contributed by atoms with Crippen molar-refractivity contribution in [1.29, 1.82) is 0 Å². The molecule has 0 saturated carbocycles. The van der Waals surface area contributed by atoms with Gasteiger partial charge in [0.15, 0.2) is 5.78 Å². The molecule has 0 aromatic heterocycles. The largest absolute Gasteiger partial charge is 0.345 e. The molecule has 1 aromatic rings. The number of Topliss-reactive ketones (excluding diaryl/α,β-unsaturated/α-hetero) is 1. The average molecular weight is 316 g/mol. The maximum absolute atomic E-state index is 13.2. The summed E-state index contributed by atoms with van der Waals surface area (Å²) >= 11 is 3.01. The van der Waals surface area contributed by atoms with E-state index in [1.54, 1.807) is 20.8 Å². The van der Waals surface area contributed by atoms with Crippen molar-refractivity contribution in [1.82, 2.24) is 5.32 Å². The van der Waals surface area contributed by atoms with Crippen molar-refractivity contribution in [3.8, 4) is 0 Å². The lowest BCUT2D eigenvalue weighted by atomic mass is 9.91. The first kappa shape index (κ1) is 14.8. The Morgan fingerprint density at radius 3 is 2.44 bits per heavy atom. The van der Waals surface area contributed by atoms with Crippen molar-refractivity contribution in [2.24, 2.45) is 5.41 Å². The topological polar surface area (TPSA) is 46.2 Å². The quantitative estimate of drug-likeness (QED) is 0.932. The van der Waals surface area contributed by atoms with Gasteiger partial charge in [0.05, 0.1) is 11.0 Å². The summed E-state index contributed by atoms with van der Waals surface area (Å²) in [7, 11) is 0. The third-order valence-corrected chi connectivity index (χ3v) is 3.07. The third kappa shape index (κ3) is 3.91. The Hall–Kier alpha value is -1.23. The summed E-state index contributed by atoms with van der Waals surface area (Å²) in [6.07, 6.45) is 0. The fraction of sp³-hybridized carbons (Fsp3) is 0.385. The molecule has 0 aliphatic rings. The van der Waals surface area contributed by atoms with Crippen molar-refractivity contribution in [2.75, 3.05) is 6.54 Å². The van der Waals surface area contributed by atoms with Gasteiger partial charge in [-0.15, -0.1) is 0 Å². The lowest BCUT2D eigenvalue weighted by Crippen LogP contribution is -2.35. The highest BCUT2D eigenvalue weighted by atomic mass is 79.9. The van der Waals surface area contributed by atoms with Crippen LogP contribution in [-0.4, -0.2) is 18.2 Å². The number of rotatable bonds is 3. The van der Waals surface area contributed by atoms with Crippen LogP contribution in [0.3, 0.4) is 0 Å². The Labute approximate surface area is 114 Å². The molecular formula is C13H15BrFNO2. The molecule has 1 rings (SSSR count). The number of hydrogen-bond donors (Lipinski definition) is 1. The second kappa shape index (κ2) is 5.61. The standard InChI is InChI=1S/C13H15BrFNO2/c1-13(2,3)11(17)7-16-12(18)8-4-5-9(14)10(15)6-8/h4-6H,7H2,1-3H3,(H,16,18). The summed E-state index contributed by atoms with van der Waals surface area (Å²) < 4.78 is 13.5. The van der Waals surface area contributed by atoms with Crippen LogP contribution in [0, 0.1) is 11.2 Å². The maximum atomic E-state index is 13.2. The van der Waals surface area contributed by atoms with E-state index >= 15 is 0 Å². The van der Waals surface area contributed by atoms with E-state index in [1.807, 2.05) is 0 Å². The minimum atomic E-state index is -0.509. The SMILES string of the molecule is CC(C)(C)C(=O)CNC(=O)c1ccc(Br)c(F)c1. The fourth-order valence-electron chi connectivity index (χ4n) is 1.17. The molecule has 0 bridgehead atoms. The van der Waals surface area contributed by atoms with Gasteiger partial charge < -0.3 is 5.32 Å². The van der Waals surface area contributed by atoms with Crippen molar-refractivity contribution < 1.29 is 14.0 Å². The zero-order valence-electron chi connectivity index (χ0n) is 10.5. The first-order chi connectivity index (χ1) is 8.21. The Morgan fingerprint density at radius 1 is 1.33 bits per heavy atom. The van der Waals surface area contributed by atoms with Gasteiger partial charge in [-0.05, 0) is 34.1 Å². The Balaban J connectivity index is 2.66. The minimum absolute atomic E-state index is 0.0555. The van der Waals surface area contributed by atoms with E-state index in [2.05, 4.69) is 21.2 Å². The van der Waals surface area contributed by atoms with E-state index in [9.17, 15) is 14.0 Å². The van der Waals surface area contributed by atoms with Crippen molar-refractivity contribution in [3.05, 3.63) is 34.1 Å². The molecule has 0 radical (unpaired) electrons. The number of benzene rings is 1. The number of amides is 1. The number of carbonyl (C=O) groups excluding carboxylic acids is 2. The second-order valence-electron chi connectivity index (χ2n) is 4.98. The zero-order valence-corrected chi connectivity index (χ0v) is 12.1. The molecule has 5 heteroatoms. The lowest BCUT2D eigenvalue weighted by Gasteiger charge is -2.16. The molecule has 0 fully saturated rings. The van der Waals surface area contributed by atoms with Gasteiger partial charge in [0.25, 0.3) is 5.91 Å². The van der Waals surface area contributed by atoms with E-state index in [4.69, 9.17) is 0 Å². The average Bonchev–Trinajstić information content (AvgIpc) is 2.27. The van der Waals surface area contributed by atoms with Gasteiger partial charge >= 0.3 is 0 Å². The van der Waals surface area contributed by atoms with Crippen LogP contribution in [0.15, 0.2) is 22.7 Å². The maximum Gasteiger partial charge on any atom is 0.251 e. The molecular weight excluding hydrogens is 301 g/mol. The number of halogens is 2. The number of ketones is 1. The molecule has 0 atom stereocenters. The van der Waals surface area contributed by atoms with Crippen LogP contribution in [0.1, 0.15) is 31.1 Å². The second-order valence-corrected chi connectivity index (χ2v) is 5.84. The van der Waals surface area contributed by atoms with Crippen LogP contribution in [0.4, 0.5) is 4.39 Å². The van der Waals surface area contributed by atoms with Crippen LogP contribution < -0.4 is 5.32 Å². The molecule has 1 aromatic carbocycles. The van der Waals surface area contributed by atoms with Gasteiger partial charge in [-0.3, -0.25) is 9.59 Å². The summed E-state index contributed by atoms with van der Waals surface area (Å²) in [5, 5.41) is 2.48. The molecule has 0 saturated heterocycles. The van der Waals surface area contributed by atoms with Crippen molar-refractivity contribution in [2.45, 2.75) is 20.8 Å². The van der Waals surface area contributed by atoms with Gasteiger partial charge in [0.1, 0.15) is 5.82 Å². The highest BCUT2D eigenvalue weighted by Gasteiger charge is 2.21. The Bertz CT molecular complexity index is 480. The molecule has 0 aliphatic carbocycles. The number of hydrogen-bond acceptors (Lipinski definition) is 2. The zero-order chi connectivity index (χ0) is 13.9. The fourth-order valence-corrected chi connectivity index (χ4v) is 1.41. The van der Waals surface area contributed by atoms with Crippen LogP contribution in [0.25, 0.3) is 0 Å². The Kier molecular flexibility index (Phi) is 4.62. The summed E-state index contributed by atoms with van der Waals surface area (Å²) in [5.41, 5.74) is -0.310. The van der Waals surface area contributed by atoms with Crippen molar-refractivity contribution >= 4 is 27.6 Å². The molecule has 18 heavy (non-hydrogen) atoms. The Morgan fingerprint density at radius 2 is 1.94 bits per heavy atom. The van der Waals surface area contributed by atoms with E-state index < -0.39 is 17.1 Å². The lowest BCUT2D eigenvalue weighted by molar-refractivity contribution is -0.125.